The number of nitrogens with one attached hydrogen (secondary N) is 1. The first-order valence-electron chi connectivity index (χ1n) is 5.88. The Morgan fingerprint density at radius 1 is 1.33 bits per heavy atom. The number of benzene rings is 1. The van der Waals surface area contributed by atoms with E-state index in [4.69, 9.17) is 4.74 Å². The van der Waals surface area contributed by atoms with E-state index < -0.39 is 5.92 Å². The summed E-state index contributed by atoms with van der Waals surface area (Å²) in [4.78, 5) is 0. The van der Waals surface area contributed by atoms with Crippen molar-refractivity contribution in [3.05, 3.63) is 48.0 Å². The molecule has 0 aliphatic heterocycles. The van der Waals surface area contributed by atoms with Crippen LogP contribution < -0.4 is 5.32 Å². The molecule has 4 heteroatoms. The highest BCUT2D eigenvalue weighted by molar-refractivity contribution is 5.20. The molecule has 0 saturated carbocycles. The molecule has 0 saturated heterocycles. The predicted molar refractivity (Wildman–Crippen MR) is 68.8 cm³/mol. The van der Waals surface area contributed by atoms with Gasteiger partial charge >= 0.3 is 0 Å². The lowest BCUT2D eigenvalue weighted by Crippen LogP contribution is -2.32. The Balaban J connectivity index is 2.24. The van der Waals surface area contributed by atoms with E-state index >= 15 is 0 Å². The molecule has 100 valence electrons. The number of hydrogen-bond donors (Lipinski definition) is 1. The summed E-state index contributed by atoms with van der Waals surface area (Å²) in [5, 5.41) is 2.69. The van der Waals surface area contributed by atoms with Crippen molar-refractivity contribution >= 4 is 0 Å². The van der Waals surface area contributed by atoms with E-state index in [1.807, 2.05) is 6.92 Å². The van der Waals surface area contributed by atoms with Gasteiger partial charge in [0.2, 0.25) is 0 Å². The van der Waals surface area contributed by atoms with Crippen molar-refractivity contribution in [2.75, 3.05) is 26.3 Å². The molecule has 0 unspecified atom stereocenters. The van der Waals surface area contributed by atoms with E-state index in [2.05, 4.69) is 11.9 Å². The zero-order valence-corrected chi connectivity index (χ0v) is 10.6. The van der Waals surface area contributed by atoms with Crippen molar-refractivity contribution in [3.63, 3.8) is 0 Å². The fourth-order valence-corrected chi connectivity index (χ4v) is 1.42. The number of alkyl halides is 2. The monoisotopic (exact) mass is 255 g/mol. The molecule has 1 rings (SSSR count). The standard InChI is InChI=1S/C14H19F2NO/c1-12(2)10-18-9-8-17-11-14(15,16)13-6-4-3-5-7-13/h3-7,17H,1,8-11H2,2H3. The highest BCUT2D eigenvalue weighted by Crippen LogP contribution is 2.26. The highest BCUT2D eigenvalue weighted by Gasteiger charge is 2.30. The summed E-state index contributed by atoms with van der Waals surface area (Å²) < 4.78 is 32.6. The molecule has 0 fully saturated rings. The second kappa shape index (κ2) is 7.24. The molecule has 18 heavy (non-hydrogen) atoms. The van der Waals surface area contributed by atoms with Gasteiger partial charge < -0.3 is 10.1 Å². The van der Waals surface area contributed by atoms with Gasteiger partial charge in [-0.25, -0.2) is 0 Å². The third-order valence-corrected chi connectivity index (χ3v) is 2.31. The molecule has 1 aromatic carbocycles. The number of rotatable bonds is 8. The van der Waals surface area contributed by atoms with Gasteiger partial charge in [-0.05, 0) is 6.92 Å². The lowest BCUT2D eigenvalue weighted by atomic mass is 10.1. The van der Waals surface area contributed by atoms with Crippen LogP contribution in [0.5, 0.6) is 0 Å². The maximum Gasteiger partial charge on any atom is 0.285 e. The summed E-state index contributed by atoms with van der Waals surface area (Å²) in [5.41, 5.74) is 0.949. The molecule has 0 aliphatic rings. The van der Waals surface area contributed by atoms with Gasteiger partial charge in [-0.15, -0.1) is 0 Å². The Morgan fingerprint density at radius 2 is 2.00 bits per heavy atom. The number of hydrogen-bond acceptors (Lipinski definition) is 2. The summed E-state index contributed by atoms with van der Waals surface area (Å²) in [7, 11) is 0. The van der Waals surface area contributed by atoms with Gasteiger partial charge in [0.25, 0.3) is 5.92 Å². The molecule has 2 nitrogen and oxygen atoms in total. The number of halogens is 2. The first-order chi connectivity index (χ1) is 8.52. The second-order valence-electron chi connectivity index (χ2n) is 4.26. The first kappa shape index (κ1) is 14.8. The second-order valence-corrected chi connectivity index (χ2v) is 4.26. The minimum absolute atomic E-state index is 0.0281. The predicted octanol–water partition coefficient (Wildman–Crippen LogP) is 2.96. The minimum Gasteiger partial charge on any atom is -0.376 e. The van der Waals surface area contributed by atoms with E-state index in [1.54, 1.807) is 18.2 Å². The lowest BCUT2D eigenvalue weighted by Gasteiger charge is -2.17. The third-order valence-electron chi connectivity index (χ3n) is 2.31. The van der Waals surface area contributed by atoms with Crippen LogP contribution in [0, 0.1) is 0 Å². The lowest BCUT2D eigenvalue weighted by molar-refractivity contribution is -0.00449. The Morgan fingerprint density at radius 3 is 2.61 bits per heavy atom. The fourth-order valence-electron chi connectivity index (χ4n) is 1.42. The fraction of sp³-hybridized carbons (Fsp3) is 0.429. The van der Waals surface area contributed by atoms with Crippen molar-refractivity contribution in [1.29, 1.82) is 0 Å². The zero-order valence-electron chi connectivity index (χ0n) is 10.6. The van der Waals surface area contributed by atoms with Gasteiger partial charge in [-0.1, -0.05) is 42.5 Å². The highest BCUT2D eigenvalue weighted by atomic mass is 19.3. The molecule has 0 radical (unpaired) electrons. The minimum atomic E-state index is -2.85. The zero-order chi connectivity index (χ0) is 13.4. The normalized spacial score (nSPS) is 11.5. The Kier molecular flexibility index (Phi) is 5.95. The van der Waals surface area contributed by atoms with Crippen molar-refractivity contribution in [2.24, 2.45) is 0 Å². The van der Waals surface area contributed by atoms with Crippen LogP contribution in [0.15, 0.2) is 42.5 Å². The molecule has 0 heterocycles. The summed E-state index contributed by atoms with van der Waals surface area (Å²) in [6.07, 6.45) is 0. The van der Waals surface area contributed by atoms with E-state index in [1.165, 1.54) is 12.1 Å². The van der Waals surface area contributed by atoms with Crippen LogP contribution >= 0.6 is 0 Å². The van der Waals surface area contributed by atoms with E-state index in [-0.39, 0.29) is 12.1 Å². The van der Waals surface area contributed by atoms with Crippen LogP contribution in [0.25, 0.3) is 0 Å². The molecular weight excluding hydrogens is 236 g/mol. The van der Waals surface area contributed by atoms with Crippen LogP contribution in [0.1, 0.15) is 12.5 Å². The van der Waals surface area contributed by atoms with Crippen LogP contribution in [-0.2, 0) is 10.7 Å². The van der Waals surface area contributed by atoms with E-state index in [0.29, 0.717) is 19.8 Å². The first-order valence-corrected chi connectivity index (χ1v) is 5.88. The number of ether oxygens (including phenoxy) is 1. The summed E-state index contributed by atoms with van der Waals surface area (Å²) in [6, 6.07) is 7.80. The van der Waals surface area contributed by atoms with Crippen LogP contribution in [-0.4, -0.2) is 26.3 Å². The van der Waals surface area contributed by atoms with E-state index in [0.717, 1.165) is 5.57 Å². The van der Waals surface area contributed by atoms with Crippen LogP contribution in [0.2, 0.25) is 0 Å². The van der Waals surface area contributed by atoms with Crippen molar-refractivity contribution in [1.82, 2.24) is 5.32 Å². The summed E-state index contributed by atoms with van der Waals surface area (Å²) in [5.74, 6) is -2.85. The molecule has 0 aromatic heterocycles. The topological polar surface area (TPSA) is 21.3 Å². The van der Waals surface area contributed by atoms with Gasteiger partial charge in [0.1, 0.15) is 0 Å². The summed E-state index contributed by atoms with van der Waals surface area (Å²) in [6.45, 7) is 6.43. The Hall–Kier alpha value is -1.26. The van der Waals surface area contributed by atoms with Crippen molar-refractivity contribution in [3.8, 4) is 0 Å². The Labute approximate surface area is 107 Å². The average Bonchev–Trinajstić information content (AvgIpc) is 2.34. The maximum absolute atomic E-state index is 13.7. The molecule has 0 spiro atoms. The largest absolute Gasteiger partial charge is 0.376 e. The van der Waals surface area contributed by atoms with Crippen LogP contribution in [0.3, 0.4) is 0 Å². The molecule has 1 aromatic rings. The van der Waals surface area contributed by atoms with Gasteiger partial charge in [0.05, 0.1) is 19.8 Å². The van der Waals surface area contributed by atoms with Gasteiger partial charge in [-0.3, -0.25) is 0 Å². The summed E-state index contributed by atoms with van der Waals surface area (Å²) >= 11 is 0. The molecule has 0 aliphatic carbocycles. The molecule has 0 bridgehead atoms. The Bertz CT molecular complexity index is 365. The maximum atomic E-state index is 13.7. The quantitative estimate of drug-likeness (QED) is 0.569. The molecule has 0 amide bonds. The average molecular weight is 255 g/mol. The van der Waals surface area contributed by atoms with Gasteiger partial charge in [-0.2, -0.15) is 8.78 Å². The van der Waals surface area contributed by atoms with Crippen molar-refractivity contribution in [2.45, 2.75) is 12.8 Å². The van der Waals surface area contributed by atoms with Gasteiger partial charge in [0, 0.05) is 12.1 Å². The molecular formula is C14H19F2NO. The molecule has 0 atom stereocenters. The molecule has 1 N–H and O–H groups in total. The smallest absolute Gasteiger partial charge is 0.285 e. The van der Waals surface area contributed by atoms with Gasteiger partial charge in [0.15, 0.2) is 0 Å². The third kappa shape index (κ3) is 5.38. The van der Waals surface area contributed by atoms with Crippen molar-refractivity contribution < 1.29 is 13.5 Å². The van der Waals surface area contributed by atoms with Crippen LogP contribution in [0.4, 0.5) is 8.78 Å². The van der Waals surface area contributed by atoms with E-state index in [9.17, 15) is 8.78 Å². The SMILES string of the molecule is C=C(C)COCCNCC(F)(F)c1ccccc1.